The van der Waals surface area contributed by atoms with E-state index in [1.807, 2.05) is 19.9 Å². The first-order chi connectivity index (χ1) is 10.5. The first-order valence-electron chi connectivity index (χ1n) is 7.16. The number of hydrogen-bond donors (Lipinski definition) is 2. The van der Waals surface area contributed by atoms with Crippen molar-refractivity contribution in [1.82, 2.24) is 10.3 Å². The first-order valence-corrected chi connectivity index (χ1v) is 7.98. The Hall–Kier alpha value is -2.08. The summed E-state index contributed by atoms with van der Waals surface area (Å²) in [4.78, 5) is 17.5. The van der Waals surface area contributed by atoms with Crippen LogP contribution >= 0.6 is 11.3 Å². The Labute approximate surface area is 133 Å². The standard InChI is InChI=1S/C16H19N3O2S/c1-8-5-13(21-3)9(2)4-10(8)11-6-14(20)18-7-12-15(11)22-16(17)19-12/h4-5,11H,6-7H2,1-3H3,(H2,17,19)(H,18,20)/t11-/m1/s1. The van der Waals surface area contributed by atoms with E-state index >= 15 is 0 Å². The van der Waals surface area contributed by atoms with Gasteiger partial charge in [-0.15, -0.1) is 11.3 Å². The molecule has 0 saturated carbocycles. The van der Waals surface area contributed by atoms with Crippen LogP contribution in [0.2, 0.25) is 0 Å². The number of thiazole rings is 1. The normalized spacial score (nSPS) is 17.6. The number of rotatable bonds is 2. The third-order valence-corrected chi connectivity index (χ3v) is 5.10. The van der Waals surface area contributed by atoms with E-state index in [1.165, 1.54) is 11.3 Å². The molecule has 6 heteroatoms. The lowest BCUT2D eigenvalue weighted by Gasteiger charge is -2.18. The highest BCUT2D eigenvalue weighted by Gasteiger charge is 2.29. The summed E-state index contributed by atoms with van der Waals surface area (Å²) in [6.07, 6.45) is 0.418. The molecule has 0 spiro atoms. The fourth-order valence-electron chi connectivity index (χ4n) is 2.97. The molecule has 1 amide bonds. The van der Waals surface area contributed by atoms with Gasteiger partial charge in [0.05, 0.1) is 19.3 Å². The van der Waals surface area contributed by atoms with Crippen LogP contribution in [-0.4, -0.2) is 18.0 Å². The smallest absolute Gasteiger partial charge is 0.221 e. The van der Waals surface area contributed by atoms with E-state index in [9.17, 15) is 4.79 Å². The minimum atomic E-state index is -0.00286. The van der Waals surface area contributed by atoms with Crippen LogP contribution < -0.4 is 15.8 Å². The molecule has 116 valence electrons. The Morgan fingerprint density at radius 1 is 1.36 bits per heavy atom. The zero-order valence-corrected chi connectivity index (χ0v) is 13.7. The number of nitrogens with two attached hydrogens (primary N) is 1. The van der Waals surface area contributed by atoms with E-state index in [0.29, 0.717) is 18.1 Å². The Bertz CT molecular complexity index is 739. The number of amides is 1. The van der Waals surface area contributed by atoms with Gasteiger partial charge < -0.3 is 15.8 Å². The SMILES string of the molecule is COc1cc(C)c([C@H]2CC(=O)NCc3nc(N)sc32)cc1C. The molecule has 3 rings (SSSR count). The van der Waals surface area contributed by atoms with Crippen LogP contribution in [0.4, 0.5) is 5.13 Å². The van der Waals surface area contributed by atoms with Crippen molar-refractivity contribution in [3.05, 3.63) is 39.4 Å². The molecule has 0 bridgehead atoms. The summed E-state index contributed by atoms with van der Waals surface area (Å²) in [5.74, 6) is 0.905. The van der Waals surface area contributed by atoms with E-state index < -0.39 is 0 Å². The van der Waals surface area contributed by atoms with Crippen molar-refractivity contribution in [3.8, 4) is 5.75 Å². The van der Waals surface area contributed by atoms with Gasteiger partial charge in [-0.3, -0.25) is 4.79 Å². The third kappa shape index (κ3) is 2.54. The summed E-state index contributed by atoms with van der Waals surface area (Å²) in [7, 11) is 1.67. The molecule has 0 aliphatic carbocycles. The molecular weight excluding hydrogens is 298 g/mol. The van der Waals surface area contributed by atoms with Gasteiger partial charge in [-0.2, -0.15) is 0 Å². The second kappa shape index (κ2) is 5.61. The van der Waals surface area contributed by atoms with Crippen molar-refractivity contribution in [2.45, 2.75) is 32.7 Å². The molecule has 3 N–H and O–H groups in total. The number of anilines is 1. The van der Waals surface area contributed by atoms with Gasteiger partial charge in [0.1, 0.15) is 5.75 Å². The number of benzene rings is 1. The summed E-state index contributed by atoms with van der Waals surface area (Å²) in [6.45, 7) is 4.51. The Kier molecular flexibility index (Phi) is 3.78. The number of carbonyl (C=O) groups excluding carboxylic acids is 1. The fourth-order valence-corrected chi connectivity index (χ4v) is 3.94. The highest BCUT2D eigenvalue weighted by Crippen LogP contribution is 2.40. The van der Waals surface area contributed by atoms with Crippen molar-refractivity contribution in [1.29, 1.82) is 0 Å². The zero-order chi connectivity index (χ0) is 15.9. The van der Waals surface area contributed by atoms with Crippen molar-refractivity contribution in [3.63, 3.8) is 0 Å². The van der Waals surface area contributed by atoms with Gasteiger partial charge >= 0.3 is 0 Å². The second-order valence-electron chi connectivity index (χ2n) is 5.57. The average molecular weight is 317 g/mol. The van der Waals surface area contributed by atoms with Crippen LogP contribution in [0.25, 0.3) is 0 Å². The molecule has 2 aromatic rings. The number of methoxy groups -OCH3 is 1. The molecule has 22 heavy (non-hydrogen) atoms. The van der Waals surface area contributed by atoms with E-state index in [1.54, 1.807) is 7.11 Å². The predicted molar refractivity (Wildman–Crippen MR) is 87.3 cm³/mol. The molecule has 5 nitrogen and oxygen atoms in total. The molecule has 0 fully saturated rings. The van der Waals surface area contributed by atoms with Gasteiger partial charge in [-0.05, 0) is 36.6 Å². The Morgan fingerprint density at radius 2 is 2.14 bits per heavy atom. The number of aryl methyl sites for hydroxylation is 2. The van der Waals surface area contributed by atoms with Gasteiger partial charge in [-0.1, -0.05) is 6.07 Å². The number of nitrogen functional groups attached to an aromatic ring is 1. The second-order valence-corrected chi connectivity index (χ2v) is 6.64. The summed E-state index contributed by atoms with van der Waals surface area (Å²) < 4.78 is 5.38. The van der Waals surface area contributed by atoms with Gasteiger partial charge in [-0.25, -0.2) is 4.98 Å². The van der Waals surface area contributed by atoms with E-state index in [-0.39, 0.29) is 11.8 Å². The van der Waals surface area contributed by atoms with Gasteiger partial charge in [0.25, 0.3) is 0 Å². The van der Waals surface area contributed by atoms with Crippen LogP contribution in [0.3, 0.4) is 0 Å². The number of aromatic nitrogens is 1. The minimum absolute atomic E-state index is 0.00286. The number of fused-ring (bicyclic) bond motifs is 1. The van der Waals surface area contributed by atoms with Gasteiger partial charge in [0.15, 0.2) is 5.13 Å². The zero-order valence-electron chi connectivity index (χ0n) is 12.9. The molecule has 1 aliphatic rings. The largest absolute Gasteiger partial charge is 0.496 e. The number of nitrogens with one attached hydrogen (secondary N) is 1. The van der Waals surface area contributed by atoms with Crippen LogP contribution in [0, 0.1) is 13.8 Å². The highest BCUT2D eigenvalue weighted by molar-refractivity contribution is 7.15. The summed E-state index contributed by atoms with van der Waals surface area (Å²) in [6, 6.07) is 4.13. The molecule has 1 aromatic carbocycles. The lowest BCUT2D eigenvalue weighted by molar-refractivity contribution is -0.121. The molecule has 1 atom stereocenters. The average Bonchev–Trinajstić information content (AvgIpc) is 2.78. The van der Waals surface area contributed by atoms with Crippen LogP contribution in [0.5, 0.6) is 5.75 Å². The Balaban J connectivity index is 2.13. The molecule has 2 heterocycles. The third-order valence-electron chi connectivity index (χ3n) is 4.06. The predicted octanol–water partition coefficient (Wildman–Crippen LogP) is 2.50. The van der Waals surface area contributed by atoms with Crippen LogP contribution in [0.15, 0.2) is 12.1 Å². The minimum Gasteiger partial charge on any atom is -0.496 e. The fraction of sp³-hybridized carbons (Fsp3) is 0.375. The van der Waals surface area contributed by atoms with Crippen molar-refractivity contribution < 1.29 is 9.53 Å². The van der Waals surface area contributed by atoms with Crippen molar-refractivity contribution >= 4 is 22.4 Å². The maximum absolute atomic E-state index is 12.0. The number of nitrogens with zero attached hydrogens (tertiary/aromatic N) is 1. The van der Waals surface area contributed by atoms with E-state index in [0.717, 1.165) is 33.0 Å². The Morgan fingerprint density at radius 3 is 2.86 bits per heavy atom. The quantitative estimate of drug-likeness (QED) is 0.892. The summed E-state index contributed by atoms with van der Waals surface area (Å²) >= 11 is 1.48. The number of carbonyl (C=O) groups is 1. The molecule has 0 saturated heterocycles. The van der Waals surface area contributed by atoms with E-state index in [2.05, 4.69) is 16.4 Å². The molecule has 0 unspecified atom stereocenters. The lowest BCUT2D eigenvalue weighted by Crippen LogP contribution is -2.21. The molecular formula is C16H19N3O2S. The topological polar surface area (TPSA) is 77.2 Å². The maximum atomic E-state index is 12.0. The van der Waals surface area contributed by atoms with E-state index in [4.69, 9.17) is 10.5 Å². The molecule has 1 aromatic heterocycles. The molecule has 1 aliphatic heterocycles. The van der Waals surface area contributed by atoms with Crippen LogP contribution in [0.1, 0.15) is 39.6 Å². The monoisotopic (exact) mass is 317 g/mol. The summed E-state index contributed by atoms with van der Waals surface area (Å²) in [5, 5.41) is 3.45. The first kappa shape index (κ1) is 14.8. The highest BCUT2D eigenvalue weighted by atomic mass is 32.1. The number of ether oxygens (including phenoxy) is 1. The van der Waals surface area contributed by atoms with Crippen LogP contribution in [-0.2, 0) is 11.3 Å². The van der Waals surface area contributed by atoms with Gasteiger partial charge in [0.2, 0.25) is 5.91 Å². The van der Waals surface area contributed by atoms with Crippen molar-refractivity contribution in [2.75, 3.05) is 12.8 Å². The maximum Gasteiger partial charge on any atom is 0.221 e. The van der Waals surface area contributed by atoms with Crippen molar-refractivity contribution in [2.24, 2.45) is 0 Å². The molecule has 0 radical (unpaired) electrons. The number of hydrogen-bond acceptors (Lipinski definition) is 5. The lowest BCUT2D eigenvalue weighted by atomic mass is 9.89. The summed E-state index contributed by atoms with van der Waals surface area (Å²) in [5.41, 5.74) is 10.1. The van der Waals surface area contributed by atoms with Gasteiger partial charge in [0, 0.05) is 17.2 Å².